The lowest BCUT2D eigenvalue weighted by molar-refractivity contribution is 0.785. The van der Waals surface area contributed by atoms with Crippen molar-refractivity contribution < 1.29 is 0 Å². The summed E-state index contributed by atoms with van der Waals surface area (Å²) < 4.78 is 1.66. The Morgan fingerprint density at radius 2 is 2.00 bits per heavy atom. The smallest absolute Gasteiger partial charge is 0.163 e. The minimum atomic E-state index is 0. The third-order valence-electron chi connectivity index (χ3n) is 1.56. The average Bonchev–Trinajstić information content (AvgIpc) is 2.35. The molecule has 0 radical (unpaired) electrons. The van der Waals surface area contributed by atoms with Crippen LogP contribution in [0.15, 0.2) is 12.5 Å². The van der Waals surface area contributed by atoms with Crippen molar-refractivity contribution in [3.8, 4) is 0 Å². The highest BCUT2D eigenvalue weighted by Crippen LogP contribution is 2.13. The van der Waals surface area contributed by atoms with E-state index in [1.54, 1.807) is 10.9 Å². The molecular formula is C6H9Cl2N5. The van der Waals surface area contributed by atoms with Crippen LogP contribution in [-0.4, -0.2) is 19.7 Å². The quantitative estimate of drug-likeness (QED) is 0.715. The number of halogens is 2. The first-order chi connectivity index (χ1) is 5.29. The number of nitrogens with zero attached hydrogens (tertiary/aromatic N) is 4. The zero-order valence-corrected chi connectivity index (χ0v) is 8.47. The lowest BCUT2D eigenvalue weighted by Crippen LogP contribution is -1.95. The number of rotatable bonds is 0. The Kier molecular flexibility index (Phi) is 3.90. The highest BCUT2D eigenvalue weighted by atomic mass is 35.5. The predicted octanol–water partition coefficient (Wildman–Crippen LogP) is 0.789. The molecule has 0 unspecified atom stereocenters. The van der Waals surface area contributed by atoms with E-state index in [2.05, 4.69) is 15.1 Å². The first-order valence-corrected chi connectivity index (χ1v) is 3.17. The van der Waals surface area contributed by atoms with Gasteiger partial charge in [0, 0.05) is 7.05 Å². The van der Waals surface area contributed by atoms with Crippen LogP contribution >= 0.6 is 24.8 Å². The number of nitrogens with two attached hydrogens (primary N) is 1. The second-order valence-corrected chi connectivity index (χ2v) is 2.26. The summed E-state index contributed by atoms with van der Waals surface area (Å²) in [6.07, 6.45) is 3.09. The molecule has 2 rings (SSSR count). The van der Waals surface area contributed by atoms with Crippen LogP contribution in [0.2, 0.25) is 0 Å². The van der Waals surface area contributed by atoms with Crippen LogP contribution in [0.5, 0.6) is 0 Å². The molecule has 0 aliphatic heterocycles. The molecule has 0 fully saturated rings. The summed E-state index contributed by atoms with van der Waals surface area (Å²) in [6, 6.07) is 0. The van der Waals surface area contributed by atoms with Crippen molar-refractivity contribution >= 4 is 41.7 Å². The second-order valence-electron chi connectivity index (χ2n) is 2.26. The number of aromatic nitrogens is 4. The highest BCUT2D eigenvalue weighted by Gasteiger charge is 2.02. The normalized spacial score (nSPS) is 9.00. The number of aryl methyl sites for hydroxylation is 1. The third kappa shape index (κ3) is 1.81. The summed E-state index contributed by atoms with van der Waals surface area (Å²) in [5.41, 5.74) is 6.33. The van der Waals surface area contributed by atoms with Gasteiger partial charge in [-0.2, -0.15) is 5.10 Å². The standard InChI is InChI=1S/C6H7N5.2ClH/c1-11-6-4(2-10-11)5(7)8-3-9-6;;/h2-3H,1H3,(H2,7,8,9);2*1H. The van der Waals surface area contributed by atoms with E-state index in [4.69, 9.17) is 5.73 Å². The molecule has 2 aromatic rings. The Balaban J connectivity index is 0.000000720. The summed E-state index contributed by atoms with van der Waals surface area (Å²) in [5.74, 6) is 0.475. The Labute approximate surface area is 87.2 Å². The van der Waals surface area contributed by atoms with E-state index in [1.807, 2.05) is 7.05 Å². The Morgan fingerprint density at radius 3 is 2.62 bits per heavy atom. The average molecular weight is 222 g/mol. The van der Waals surface area contributed by atoms with Gasteiger partial charge in [-0.05, 0) is 0 Å². The number of nitrogen functional groups attached to an aromatic ring is 1. The molecule has 2 N–H and O–H groups in total. The molecule has 0 spiro atoms. The molecule has 0 aliphatic rings. The molecule has 0 aromatic carbocycles. The molecule has 72 valence electrons. The number of hydrogen-bond acceptors (Lipinski definition) is 4. The van der Waals surface area contributed by atoms with Crippen LogP contribution in [0.25, 0.3) is 11.0 Å². The van der Waals surface area contributed by atoms with Crippen LogP contribution in [0.4, 0.5) is 5.82 Å². The Hall–Kier alpha value is -1.07. The van der Waals surface area contributed by atoms with Crippen molar-refractivity contribution in [1.82, 2.24) is 19.7 Å². The molecule has 0 bridgehead atoms. The van der Waals surface area contributed by atoms with Gasteiger partial charge in [-0.3, -0.25) is 4.68 Å². The molecular weight excluding hydrogens is 213 g/mol. The van der Waals surface area contributed by atoms with Crippen molar-refractivity contribution in [3.63, 3.8) is 0 Å². The minimum absolute atomic E-state index is 0. The van der Waals surface area contributed by atoms with Crippen LogP contribution < -0.4 is 5.73 Å². The monoisotopic (exact) mass is 221 g/mol. The molecule has 13 heavy (non-hydrogen) atoms. The number of fused-ring (bicyclic) bond motifs is 1. The van der Waals surface area contributed by atoms with Crippen LogP contribution in [0.1, 0.15) is 0 Å². The van der Waals surface area contributed by atoms with E-state index >= 15 is 0 Å². The molecule has 2 heterocycles. The largest absolute Gasteiger partial charge is 0.383 e. The summed E-state index contributed by atoms with van der Waals surface area (Å²) in [7, 11) is 1.81. The molecule has 2 aromatic heterocycles. The number of anilines is 1. The molecule has 0 amide bonds. The van der Waals surface area contributed by atoms with Crippen LogP contribution in [0, 0.1) is 0 Å². The molecule has 0 atom stereocenters. The van der Waals surface area contributed by atoms with Crippen molar-refractivity contribution in [2.24, 2.45) is 7.05 Å². The van der Waals surface area contributed by atoms with Gasteiger partial charge in [-0.15, -0.1) is 24.8 Å². The van der Waals surface area contributed by atoms with Gasteiger partial charge in [-0.25, -0.2) is 9.97 Å². The molecule has 0 aliphatic carbocycles. The SMILES string of the molecule is Cl.Cl.Cn1ncc2c(N)ncnc21. The van der Waals surface area contributed by atoms with E-state index in [0.29, 0.717) is 5.82 Å². The topological polar surface area (TPSA) is 69.6 Å². The van der Waals surface area contributed by atoms with Crippen LogP contribution in [-0.2, 0) is 7.05 Å². The summed E-state index contributed by atoms with van der Waals surface area (Å²) in [5, 5.41) is 4.79. The molecule has 5 nitrogen and oxygen atoms in total. The van der Waals surface area contributed by atoms with Crippen molar-refractivity contribution in [1.29, 1.82) is 0 Å². The predicted molar refractivity (Wildman–Crippen MR) is 55.2 cm³/mol. The molecule has 0 saturated carbocycles. The minimum Gasteiger partial charge on any atom is -0.383 e. The van der Waals surface area contributed by atoms with Crippen molar-refractivity contribution in [3.05, 3.63) is 12.5 Å². The zero-order valence-electron chi connectivity index (χ0n) is 6.84. The van der Waals surface area contributed by atoms with E-state index in [-0.39, 0.29) is 24.8 Å². The zero-order chi connectivity index (χ0) is 7.84. The maximum atomic E-state index is 5.57. The fraction of sp³-hybridized carbons (Fsp3) is 0.167. The first-order valence-electron chi connectivity index (χ1n) is 3.17. The van der Waals surface area contributed by atoms with Gasteiger partial charge in [-0.1, -0.05) is 0 Å². The van der Waals surface area contributed by atoms with E-state index in [1.165, 1.54) is 6.33 Å². The van der Waals surface area contributed by atoms with E-state index < -0.39 is 0 Å². The summed E-state index contributed by atoms with van der Waals surface area (Å²) in [6.45, 7) is 0. The molecule has 7 heteroatoms. The fourth-order valence-electron chi connectivity index (χ4n) is 0.980. The fourth-order valence-corrected chi connectivity index (χ4v) is 0.980. The summed E-state index contributed by atoms with van der Waals surface area (Å²) >= 11 is 0. The lowest BCUT2D eigenvalue weighted by atomic mass is 10.4. The maximum absolute atomic E-state index is 5.57. The second kappa shape index (κ2) is 4.25. The van der Waals surface area contributed by atoms with Gasteiger partial charge in [0.2, 0.25) is 0 Å². The van der Waals surface area contributed by atoms with Gasteiger partial charge in [0.15, 0.2) is 5.65 Å². The maximum Gasteiger partial charge on any atom is 0.163 e. The number of hydrogen-bond donors (Lipinski definition) is 1. The third-order valence-corrected chi connectivity index (χ3v) is 1.56. The van der Waals surface area contributed by atoms with Gasteiger partial charge in [0.05, 0.1) is 11.6 Å². The van der Waals surface area contributed by atoms with Gasteiger partial charge >= 0.3 is 0 Å². The van der Waals surface area contributed by atoms with E-state index in [9.17, 15) is 0 Å². The van der Waals surface area contributed by atoms with Gasteiger partial charge in [0.1, 0.15) is 12.1 Å². The summed E-state index contributed by atoms with van der Waals surface area (Å²) in [4.78, 5) is 7.84. The van der Waals surface area contributed by atoms with Crippen LogP contribution in [0.3, 0.4) is 0 Å². The first kappa shape index (κ1) is 11.9. The highest BCUT2D eigenvalue weighted by molar-refractivity contribution is 5.85. The lowest BCUT2D eigenvalue weighted by Gasteiger charge is -1.93. The van der Waals surface area contributed by atoms with Crippen molar-refractivity contribution in [2.75, 3.05) is 5.73 Å². The van der Waals surface area contributed by atoms with E-state index in [0.717, 1.165) is 11.0 Å². The van der Waals surface area contributed by atoms with Gasteiger partial charge in [0.25, 0.3) is 0 Å². The Morgan fingerprint density at radius 1 is 1.31 bits per heavy atom. The molecule has 0 saturated heterocycles. The van der Waals surface area contributed by atoms with Gasteiger partial charge < -0.3 is 5.73 Å². The van der Waals surface area contributed by atoms with Crippen molar-refractivity contribution in [2.45, 2.75) is 0 Å². The Bertz CT molecular complexity index is 399.